The summed E-state index contributed by atoms with van der Waals surface area (Å²) in [4.78, 5) is 29.9. The van der Waals surface area contributed by atoms with Gasteiger partial charge in [0.05, 0.1) is 13.4 Å². The number of rotatable bonds is 11. The van der Waals surface area contributed by atoms with Gasteiger partial charge in [0.25, 0.3) is 5.91 Å². The Labute approximate surface area is 236 Å². The fourth-order valence-corrected chi connectivity index (χ4v) is 4.71. The number of ether oxygens (including phenoxy) is 1. The average molecular weight is 562 g/mol. The lowest BCUT2D eigenvalue weighted by atomic mass is 9.94. The second-order valence-electron chi connectivity index (χ2n) is 9.05. The molecule has 0 aliphatic heterocycles. The maximum absolute atomic E-state index is 13.8. The van der Waals surface area contributed by atoms with E-state index >= 15 is 0 Å². The zero-order valence-corrected chi connectivity index (χ0v) is 23.0. The van der Waals surface area contributed by atoms with Crippen LogP contribution >= 0.6 is 11.8 Å². The van der Waals surface area contributed by atoms with Crippen LogP contribution in [0.3, 0.4) is 0 Å². The molecule has 1 atom stereocenters. The van der Waals surface area contributed by atoms with E-state index in [2.05, 4.69) is 10.3 Å². The molecule has 0 radical (unpaired) electrons. The highest BCUT2D eigenvalue weighted by Crippen LogP contribution is 2.29. The van der Waals surface area contributed by atoms with E-state index in [1.165, 1.54) is 31.4 Å². The number of methoxy groups -OCH3 is 1. The first kappa shape index (κ1) is 28.8. The summed E-state index contributed by atoms with van der Waals surface area (Å²) in [5.74, 6) is -1.02. The van der Waals surface area contributed by atoms with E-state index in [1.807, 2.05) is 29.2 Å². The lowest BCUT2D eigenvalue weighted by Crippen LogP contribution is -2.42. The molecule has 4 rings (SSSR count). The third kappa shape index (κ3) is 7.45. The number of carbonyl (C=O) groups excluding carboxylic acids is 2. The minimum atomic E-state index is -0.800. The van der Waals surface area contributed by atoms with Crippen LogP contribution in [0.4, 0.5) is 8.78 Å². The van der Waals surface area contributed by atoms with E-state index in [4.69, 9.17) is 4.74 Å². The van der Waals surface area contributed by atoms with Gasteiger partial charge < -0.3 is 14.6 Å². The van der Waals surface area contributed by atoms with Gasteiger partial charge in [-0.1, -0.05) is 30.3 Å². The number of allylic oxidation sites excluding steroid dienone is 1. The molecule has 3 aromatic carbocycles. The number of imidazole rings is 1. The van der Waals surface area contributed by atoms with Crippen molar-refractivity contribution in [2.75, 3.05) is 19.1 Å². The molecule has 206 valence electrons. The molecule has 0 aliphatic rings. The standard InChI is InChI=1S/C31H29F2N3O3S/c1-39-31(38)29(13-16-40-2)35-30(37)27-12-3-21(18-28(27)23-6-10-26(33)11-7-23)17-24(19-36-15-14-34-20-36)22-4-8-25(32)9-5-22/h3-12,14-15,17-18,20,29H,13,16,19H2,1-2H3,(H,35,37)/b24-17+. The molecule has 0 spiro atoms. The fourth-order valence-electron chi connectivity index (χ4n) is 4.24. The molecule has 1 heterocycles. The van der Waals surface area contributed by atoms with Crippen LogP contribution in [0.15, 0.2) is 85.5 Å². The topological polar surface area (TPSA) is 73.2 Å². The monoisotopic (exact) mass is 561 g/mol. The third-order valence-electron chi connectivity index (χ3n) is 6.31. The highest BCUT2D eigenvalue weighted by molar-refractivity contribution is 7.98. The number of carbonyl (C=O) groups is 2. The van der Waals surface area contributed by atoms with Crippen molar-refractivity contribution in [3.63, 3.8) is 0 Å². The van der Waals surface area contributed by atoms with Gasteiger partial charge in [-0.05, 0) is 88.7 Å². The van der Waals surface area contributed by atoms with Crippen molar-refractivity contribution in [2.45, 2.75) is 19.0 Å². The number of benzene rings is 3. The molecule has 0 bridgehead atoms. The first-order valence-electron chi connectivity index (χ1n) is 12.6. The molecule has 1 unspecified atom stereocenters. The van der Waals surface area contributed by atoms with Gasteiger partial charge in [-0.15, -0.1) is 0 Å². The van der Waals surface area contributed by atoms with Crippen LogP contribution in [0, 0.1) is 11.6 Å². The summed E-state index contributed by atoms with van der Waals surface area (Å²) in [6, 6.07) is 16.6. The van der Waals surface area contributed by atoms with Crippen LogP contribution in [-0.2, 0) is 16.1 Å². The molecule has 0 saturated heterocycles. The molecule has 6 nitrogen and oxygen atoms in total. The first-order valence-corrected chi connectivity index (χ1v) is 14.0. The molecule has 4 aromatic rings. The van der Waals surface area contributed by atoms with Crippen LogP contribution in [-0.4, -0.2) is 46.6 Å². The van der Waals surface area contributed by atoms with E-state index < -0.39 is 23.7 Å². The van der Waals surface area contributed by atoms with Gasteiger partial charge >= 0.3 is 5.97 Å². The van der Waals surface area contributed by atoms with E-state index in [0.29, 0.717) is 35.4 Å². The Kier molecular flexibility index (Phi) is 9.86. The predicted molar refractivity (Wildman–Crippen MR) is 155 cm³/mol. The van der Waals surface area contributed by atoms with Crippen molar-refractivity contribution >= 4 is 35.3 Å². The average Bonchev–Trinajstić information content (AvgIpc) is 3.48. The zero-order chi connectivity index (χ0) is 28.5. The van der Waals surface area contributed by atoms with Crippen molar-refractivity contribution in [1.29, 1.82) is 0 Å². The minimum absolute atomic E-state index is 0.331. The van der Waals surface area contributed by atoms with Crippen molar-refractivity contribution in [3.05, 3.63) is 114 Å². The molecule has 40 heavy (non-hydrogen) atoms. The van der Waals surface area contributed by atoms with E-state index in [0.717, 1.165) is 16.7 Å². The fraction of sp³-hybridized carbons (Fsp3) is 0.194. The summed E-state index contributed by atoms with van der Waals surface area (Å²) in [6.45, 7) is 0.482. The van der Waals surface area contributed by atoms with Crippen molar-refractivity contribution in [2.24, 2.45) is 0 Å². The van der Waals surface area contributed by atoms with Gasteiger partial charge in [0.15, 0.2) is 0 Å². The summed E-state index contributed by atoms with van der Waals surface area (Å²) < 4.78 is 34.2. The molecule has 0 fully saturated rings. The number of esters is 1. The Morgan fingerprint density at radius 3 is 2.38 bits per heavy atom. The van der Waals surface area contributed by atoms with Crippen LogP contribution in [0.2, 0.25) is 0 Å². The third-order valence-corrected chi connectivity index (χ3v) is 6.96. The minimum Gasteiger partial charge on any atom is -0.467 e. The van der Waals surface area contributed by atoms with Gasteiger partial charge in [0.1, 0.15) is 17.7 Å². The number of halogens is 2. The number of amides is 1. The molecule has 0 saturated carbocycles. The van der Waals surface area contributed by atoms with Crippen LogP contribution in [0.1, 0.15) is 27.9 Å². The smallest absolute Gasteiger partial charge is 0.328 e. The number of hydrogen-bond acceptors (Lipinski definition) is 5. The summed E-state index contributed by atoms with van der Waals surface area (Å²) in [5.41, 5.74) is 4.04. The maximum atomic E-state index is 13.8. The Morgan fingerprint density at radius 1 is 1.05 bits per heavy atom. The number of nitrogens with one attached hydrogen (secondary N) is 1. The Hall–Kier alpha value is -4.24. The number of aromatic nitrogens is 2. The van der Waals surface area contributed by atoms with Gasteiger partial charge in [0.2, 0.25) is 0 Å². The van der Waals surface area contributed by atoms with Crippen molar-refractivity contribution in [1.82, 2.24) is 14.9 Å². The largest absolute Gasteiger partial charge is 0.467 e. The molecule has 1 N–H and O–H groups in total. The van der Waals surface area contributed by atoms with E-state index in [1.54, 1.807) is 60.7 Å². The molecular formula is C31H29F2N3O3S. The zero-order valence-electron chi connectivity index (χ0n) is 22.1. The Morgan fingerprint density at radius 2 is 1.75 bits per heavy atom. The van der Waals surface area contributed by atoms with E-state index in [9.17, 15) is 18.4 Å². The van der Waals surface area contributed by atoms with Gasteiger partial charge in [-0.3, -0.25) is 4.79 Å². The summed E-state index contributed by atoms with van der Waals surface area (Å²) in [7, 11) is 1.29. The van der Waals surface area contributed by atoms with Crippen LogP contribution in [0.5, 0.6) is 0 Å². The van der Waals surface area contributed by atoms with Crippen molar-refractivity contribution in [3.8, 4) is 11.1 Å². The maximum Gasteiger partial charge on any atom is 0.328 e. The van der Waals surface area contributed by atoms with Crippen LogP contribution < -0.4 is 5.32 Å². The first-order chi connectivity index (χ1) is 19.4. The molecule has 9 heteroatoms. The molecular weight excluding hydrogens is 532 g/mol. The number of thioether (sulfide) groups is 1. The lowest BCUT2D eigenvalue weighted by molar-refractivity contribution is -0.142. The molecule has 0 aliphatic carbocycles. The second-order valence-corrected chi connectivity index (χ2v) is 10.0. The number of nitrogens with zero attached hydrogens (tertiary/aromatic N) is 2. The highest BCUT2D eigenvalue weighted by atomic mass is 32.2. The van der Waals surface area contributed by atoms with Crippen LogP contribution in [0.25, 0.3) is 22.8 Å². The van der Waals surface area contributed by atoms with Gasteiger partial charge in [-0.25, -0.2) is 18.6 Å². The number of hydrogen-bond donors (Lipinski definition) is 1. The normalized spacial score (nSPS) is 12.2. The van der Waals surface area contributed by atoms with Gasteiger partial charge in [0, 0.05) is 24.5 Å². The summed E-state index contributed by atoms with van der Waals surface area (Å²) in [6.07, 6.45) is 9.51. The molecule has 1 aromatic heterocycles. The quantitative estimate of drug-likeness (QED) is 0.177. The van der Waals surface area contributed by atoms with Gasteiger partial charge in [-0.2, -0.15) is 11.8 Å². The lowest BCUT2D eigenvalue weighted by Gasteiger charge is -2.18. The summed E-state index contributed by atoms with van der Waals surface area (Å²) in [5, 5.41) is 2.80. The molecule has 1 amide bonds. The second kappa shape index (κ2) is 13.7. The Balaban J connectivity index is 1.76. The SMILES string of the molecule is COC(=O)C(CCSC)NC(=O)c1ccc(/C=C(\Cn2ccnc2)c2ccc(F)cc2)cc1-c1ccc(F)cc1. The predicted octanol–water partition coefficient (Wildman–Crippen LogP) is 6.09. The van der Waals surface area contributed by atoms with Crippen molar-refractivity contribution < 1.29 is 23.1 Å². The highest BCUT2D eigenvalue weighted by Gasteiger charge is 2.23. The Bertz CT molecular complexity index is 1470. The van der Waals surface area contributed by atoms with E-state index in [-0.39, 0.29) is 5.82 Å². The summed E-state index contributed by atoms with van der Waals surface area (Å²) >= 11 is 1.56.